The molecule has 0 radical (unpaired) electrons. The van der Waals surface area contributed by atoms with Gasteiger partial charge in [0.05, 0.1) is 12.2 Å². The van der Waals surface area contributed by atoms with Gasteiger partial charge in [-0.05, 0) is 31.2 Å². The number of aliphatic imine (C=N–C) groups is 1. The van der Waals surface area contributed by atoms with Crippen LogP contribution in [0.4, 0.5) is 10.8 Å². The molecule has 1 N–H and O–H groups in total. The fraction of sp³-hybridized carbons (Fsp3) is 0.250. The van der Waals surface area contributed by atoms with Crippen molar-refractivity contribution in [2.45, 2.75) is 18.6 Å². The average molecular weight is 445 g/mol. The number of esters is 1. The Bertz CT molecular complexity index is 958. The van der Waals surface area contributed by atoms with E-state index in [4.69, 9.17) is 4.74 Å². The van der Waals surface area contributed by atoms with Gasteiger partial charge in [0, 0.05) is 30.2 Å². The molecule has 30 heavy (non-hydrogen) atoms. The van der Waals surface area contributed by atoms with Crippen LogP contribution in [0.3, 0.4) is 0 Å². The maximum Gasteiger partial charge on any atom is 0.338 e. The van der Waals surface area contributed by atoms with Crippen LogP contribution in [0.5, 0.6) is 0 Å². The summed E-state index contributed by atoms with van der Waals surface area (Å²) >= 11 is 2.61. The summed E-state index contributed by atoms with van der Waals surface area (Å²) in [5, 5.41) is 5.02. The molecule has 1 saturated heterocycles. The van der Waals surface area contributed by atoms with Gasteiger partial charge in [-0.1, -0.05) is 17.8 Å². The molecular weight excluding hydrogens is 424 g/mol. The maximum absolute atomic E-state index is 12.7. The Labute approximate surface area is 182 Å². The number of nitrogens with zero attached hydrogens (tertiary/aromatic N) is 3. The van der Waals surface area contributed by atoms with Gasteiger partial charge in [0.1, 0.15) is 5.25 Å². The molecule has 1 atom stereocenters. The number of carbonyl (C=O) groups excluding carboxylic acids is 3. The van der Waals surface area contributed by atoms with Crippen molar-refractivity contribution in [3.63, 3.8) is 0 Å². The Balaban J connectivity index is 1.64. The molecule has 1 aromatic carbocycles. The van der Waals surface area contributed by atoms with Crippen LogP contribution in [0.15, 0.2) is 53.5 Å². The van der Waals surface area contributed by atoms with E-state index in [1.807, 2.05) is 0 Å². The normalized spacial score (nSPS) is 17.2. The molecular formula is C20H20N4O4S2. The quantitative estimate of drug-likeness (QED) is 0.494. The fourth-order valence-corrected chi connectivity index (χ4v) is 4.37. The molecule has 2 aromatic rings. The summed E-state index contributed by atoms with van der Waals surface area (Å²) in [4.78, 5) is 46.9. The van der Waals surface area contributed by atoms with E-state index in [2.05, 4.69) is 21.9 Å². The summed E-state index contributed by atoms with van der Waals surface area (Å²) in [5.41, 5.74) is 0.933. The van der Waals surface area contributed by atoms with Crippen molar-refractivity contribution in [1.82, 2.24) is 9.88 Å². The highest BCUT2D eigenvalue weighted by Crippen LogP contribution is 2.32. The minimum atomic E-state index is -0.581. The average Bonchev–Trinajstić information content (AvgIpc) is 3.33. The summed E-state index contributed by atoms with van der Waals surface area (Å²) in [6.45, 7) is 6.02. The molecule has 0 aliphatic carbocycles. The second kappa shape index (κ2) is 10.2. The largest absolute Gasteiger partial charge is 0.462 e. The number of benzene rings is 1. The summed E-state index contributed by atoms with van der Waals surface area (Å²) in [6, 6.07) is 6.39. The second-order valence-corrected chi connectivity index (χ2v) is 8.15. The third-order valence-corrected chi connectivity index (χ3v) is 5.83. The molecule has 0 bridgehead atoms. The van der Waals surface area contributed by atoms with Gasteiger partial charge >= 0.3 is 5.97 Å². The van der Waals surface area contributed by atoms with Crippen molar-refractivity contribution < 1.29 is 19.1 Å². The maximum atomic E-state index is 12.7. The summed E-state index contributed by atoms with van der Waals surface area (Å²) in [7, 11) is 0. The third kappa shape index (κ3) is 5.33. The van der Waals surface area contributed by atoms with Crippen LogP contribution in [0.25, 0.3) is 0 Å². The van der Waals surface area contributed by atoms with Gasteiger partial charge in [0.25, 0.3) is 0 Å². The fourth-order valence-electron chi connectivity index (χ4n) is 2.66. The molecule has 2 amide bonds. The number of hydrogen-bond donors (Lipinski definition) is 1. The molecule has 156 valence electrons. The van der Waals surface area contributed by atoms with Crippen LogP contribution in [0.1, 0.15) is 23.7 Å². The lowest BCUT2D eigenvalue weighted by molar-refractivity contribution is -0.127. The Morgan fingerprint density at radius 1 is 1.37 bits per heavy atom. The first-order valence-electron chi connectivity index (χ1n) is 9.16. The Kier molecular flexibility index (Phi) is 7.36. The van der Waals surface area contributed by atoms with E-state index in [0.29, 0.717) is 34.7 Å². The van der Waals surface area contributed by atoms with E-state index in [0.717, 1.165) is 0 Å². The molecule has 2 heterocycles. The number of amidine groups is 1. The lowest BCUT2D eigenvalue weighted by Crippen LogP contribution is -2.33. The number of ether oxygens (including phenoxy) is 1. The molecule has 0 spiro atoms. The highest BCUT2D eigenvalue weighted by molar-refractivity contribution is 8.15. The van der Waals surface area contributed by atoms with E-state index >= 15 is 0 Å². The monoisotopic (exact) mass is 444 g/mol. The first-order chi connectivity index (χ1) is 14.5. The third-order valence-electron chi connectivity index (χ3n) is 3.99. The van der Waals surface area contributed by atoms with Crippen LogP contribution < -0.4 is 5.32 Å². The number of amides is 2. The molecule has 1 aliphatic heterocycles. The van der Waals surface area contributed by atoms with Crippen molar-refractivity contribution >= 4 is 56.9 Å². The number of nitrogens with one attached hydrogen (secondary N) is 1. The van der Waals surface area contributed by atoms with Crippen molar-refractivity contribution in [2.75, 3.05) is 18.5 Å². The van der Waals surface area contributed by atoms with E-state index < -0.39 is 11.2 Å². The number of hydrogen-bond acceptors (Lipinski definition) is 8. The van der Waals surface area contributed by atoms with Gasteiger partial charge < -0.3 is 10.1 Å². The van der Waals surface area contributed by atoms with Crippen LogP contribution in [-0.4, -0.2) is 51.2 Å². The SMILES string of the molecule is C=CCN1C(=O)C(CC(=O)Nc2ccc(C(=O)OCC)cc2)S/C1=N/c1nccs1. The topological polar surface area (TPSA) is 101 Å². The number of thiazole rings is 1. The number of thioether (sulfide) groups is 1. The summed E-state index contributed by atoms with van der Waals surface area (Å²) in [5.74, 6) is -0.917. The molecule has 3 rings (SSSR count). The number of rotatable bonds is 8. The van der Waals surface area contributed by atoms with Gasteiger partial charge in [-0.3, -0.25) is 14.5 Å². The molecule has 0 saturated carbocycles. The molecule has 1 aromatic heterocycles. The first-order valence-corrected chi connectivity index (χ1v) is 10.9. The standard InChI is InChI=1S/C20H20N4O4S2/c1-3-10-24-17(26)15(30-20(24)23-19-21-9-11-29-19)12-16(25)22-14-7-5-13(6-8-14)18(27)28-4-2/h3,5-9,11,15H,1,4,10,12H2,2H3,(H,22,25)/b23-20+. The smallest absolute Gasteiger partial charge is 0.338 e. The zero-order valence-corrected chi connectivity index (χ0v) is 17.9. The number of aromatic nitrogens is 1. The molecule has 8 nitrogen and oxygen atoms in total. The van der Waals surface area contributed by atoms with Crippen molar-refractivity contribution in [2.24, 2.45) is 4.99 Å². The summed E-state index contributed by atoms with van der Waals surface area (Å²) in [6.07, 6.45) is 3.25. The van der Waals surface area contributed by atoms with E-state index in [-0.39, 0.29) is 18.2 Å². The van der Waals surface area contributed by atoms with E-state index in [9.17, 15) is 14.4 Å². The van der Waals surface area contributed by atoms with Gasteiger partial charge in [-0.2, -0.15) is 4.99 Å². The van der Waals surface area contributed by atoms with Gasteiger partial charge in [0.15, 0.2) is 5.17 Å². The van der Waals surface area contributed by atoms with Gasteiger partial charge in [-0.15, -0.1) is 17.9 Å². The molecule has 1 aliphatic rings. The van der Waals surface area contributed by atoms with Crippen LogP contribution in [0.2, 0.25) is 0 Å². The number of anilines is 1. The van der Waals surface area contributed by atoms with Crippen LogP contribution >= 0.6 is 23.1 Å². The number of carbonyl (C=O) groups is 3. The predicted octanol–water partition coefficient (Wildman–Crippen LogP) is 3.47. The first kappa shape index (κ1) is 21.7. The van der Waals surface area contributed by atoms with Crippen LogP contribution in [-0.2, 0) is 14.3 Å². The van der Waals surface area contributed by atoms with Crippen molar-refractivity contribution in [3.8, 4) is 0 Å². The minimum absolute atomic E-state index is 0.00629. The molecule has 10 heteroatoms. The Hall–Kier alpha value is -2.98. The highest BCUT2D eigenvalue weighted by Gasteiger charge is 2.38. The highest BCUT2D eigenvalue weighted by atomic mass is 32.2. The molecule has 1 unspecified atom stereocenters. The predicted molar refractivity (Wildman–Crippen MR) is 118 cm³/mol. The minimum Gasteiger partial charge on any atom is -0.462 e. The van der Waals surface area contributed by atoms with E-state index in [1.165, 1.54) is 28.0 Å². The van der Waals surface area contributed by atoms with Gasteiger partial charge in [0.2, 0.25) is 16.9 Å². The summed E-state index contributed by atoms with van der Waals surface area (Å²) < 4.78 is 4.93. The van der Waals surface area contributed by atoms with Crippen molar-refractivity contribution in [3.05, 3.63) is 54.1 Å². The molecule has 1 fully saturated rings. The lowest BCUT2D eigenvalue weighted by atomic mass is 10.2. The lowest BCUT2D eigenvalue weighted by Gasteiger charge is -2.13. The zero-order valence-electron chi connectivity index (χ0n) is 16.2. The van der Waals surface area contributed by atoms with E-state index in [1.54, 1.807) is 48.8 Å². The second-order valence-electron chi connectivity index (χ2n) is 6.10. The van der Waals surface area contributed by atoms with Gasteiger partial charge in [-0.25, -0.2) is 9.78 Å². The zero-order chi connectivity index (χ0) is 21.5. The van der Waals surface area contributed by atoms with Crippen LogP contribution in [0, 0.1) is 0 Å². The van der Waals surface area contributed by atoms with Crippen molar-refractivity contribution in [1.29, 1.82) is 0 Å². The Morgan fingerprint density at radius 3 is 2.77 bits per heavy atom. The Morgan fingerprint density at radius 2 is 2.13 bits per heavy atom.